The van der Waals surface area contributed by atoms with Crippen LogP contribution in [0.15, 0.2) is 12.4 Å². The summed E-state index contributed by atoms with van der Waals surface area (Å²) in [4.78, 5) is 27.4. The van der Waals surface area contributed by atoms with Gasteiger partial charge in [0, 0.05) is 44.6 Å². The Kier molecular flexibility index (Phi) is 4.57. The molecule has 1 aromatic rings. The molecule has 3 aliphatic rings. The average molecular weight is 381 g/mol. The van der Waals surface area contributed by atoms with E-state index in [4.69, 9.17) is 4.74 Å². The van der Waals surface area contributed by atoms with E-state index >= 15 is 0 Å². The lowest BCUT2D eigenvalue weighted by Gasteiger charge is -2.42. The number of likely N-dealkylation sites (N-methyl/N-ethyl adjacent to an activating group) is 1. The zero-order valence-corrected chi connectivity index (χ0v) is 15.6. The number of morpholine rings is 1. The van der Waals surface area contributed by atoms with Crippen molar-refractivity contribution in [3.63, 3.8) is 0 Å². The predicted molar refractivity (Wildman–Crippen MR) is 95.0 cm³/mol. The van der Waals surface area contributed by atoms with Gasteiger partial charge in [0.25, 0.3) is 5.91 Å². The summed E-state index contributed by atoms with van der Waals surface area (Å²) in [6.45, 7) is 3.92. The molecule has 9 nitrogen and oxygen atoms in total. The highest BCUT2D eigenvalue weighted by molar-refractivity contribution is 7.91. The molecule has 3 fully saturated rings. The van der Waals surface area contributed by atoms with E-state index in [0.717, 1.165) is 13.1 Å². The van der Waals surface area contributed by atoms with E-state index in [0.29, 0.717) is 37.8 Å². The van der Waals surface area contributed by atoms with E-state index in [1.807, 2.05) is 16.8 Å². The molecule has 0 aliphatic carbocycles. The van der Waals surface area contributed by atoms with Gasteiger partial charge < -0.3 is 14.5 Å². The molecule has 4 heterocycles. The molecule has 142 valence electrons. The number of anilines is 1. The van der Waals surface area contributed by atoms with Crippen molar-refractivity contribution < 1.29 is 17.9 Å². The first-order chi connectivity index (χ1) is 12.4. The van der Waals surface area contributed by atoms with E-state index in [-0.39, 0.29) is 29.5 Å². The Morgan fingerprint density at radius 3 is 2.42 bits per heavy atom. The minimum absolute atomic E-state index is 0.0282. The Morgan fingerprint density at radius 1 is 1.08 bits per heavy atom. The summed E-state index contributed by atoms with van der Waals surface area (Å²) in [6, 6.07) is -0.434. The largest absolute Gasteiger partial charge is 0.378 e. The summed E-state index contributed by atoms with van der Waals surface area (Å²) in [5.74, 6) is 0.536. The molecular formula is C16H23N5O4S. The number of fused-ring (bicyclic) bond motifs is 1. The fourth-order valence-electron chi connectivity index (χ4n) is 3.90. The molecule has 0 unspecified atom stereocenters. The molecule has 10 heteroatoms. The molecule has 0 radical (unpaired) electrons. The van der Waals surface area contributed by atoms with Gasteiger partial charge in [0.1, 0.15) is 0 Å². The Balaban J connectivity index is 1.51. The van der Waals surface area contributed by atoms with E-state index < -0.39 is 9.84 Å². The topological polar surface area (TPSA) is 95.9 Å². The van der Waals surface area contributed by atoms with Gasteiger partial charge in [-0.1, -0.05) is 0 Å². The van der Waals surface area contributed by atoms with Crippen molar-refractivity contribution in [2.45, 2.75) is 12.1 Å². The zero-order valence-electron chi connectivity index (χ0n) is 14.7. The first-order valence-corrected chi connectivity index (χ1v) is 10.6. The number of carbonyl (C=O) groups excluding carboxylic acids is 1. The molecule has 3 aliphatic heterocycles. The van der Waals surface area contributed by atoms with Crippen LogP contribution in [0.2, 0.25) is 0 Å². The van der Waals surface area contributed by atoms with Crippen LogP contribution in [0.4, 0.5) is 5.95 Å². The summed E-state index contributed by atoms with van der Waals surface area (Å²) in [5, 5.41) is 0. The highest BCUT2D eigenvalue weighted by Gasteiger charge is 2.47. The second kappa shape index (κ2) is 6.75. The van der Waals surface area contributed by atoms with Crippen LogP contribution in [0.1, 0.15) is 10.4 Å². The maximum atomic E-state index is 12.9. The summed E-state index contributed by atoms with van der Waals surface area (Å²) < 4.78 is 29.4. The van der Waals surface area contributed by atoms with Gasteiger partial charge in [-0.05, 0) is 7.05 Å². The van der Waals surface area contributed by atoms with Crippen molar-refractivity contribution in [1.82, 2.24) is 19.8 Å². The average Bonchev–Trinajstić information content (AvgIpc) is 2.98. The minimum Gasteiger partial charge on any atom is -0.378 e. The van der Waals surface area contributed by atoms with Crippen molar-refractivity contribution in [2.75, 3.05) is 62.8 Å². The maximum Gasteiger partial charge on any atom is 0.257 e. The Labute approximate surface area is 152 Å². The van der Waals surface area contributed by atoms with Crippen molar-refractivity contribution in [3.8, 4) is 0 Å². The molecule has 3 saturated heterocycles. The number of rotatable bonds is 2. The lowest BCUT2D eigenvalue weighted by Crippen LogP contribution is -2.59. The van der Waals surface area contributed by atoms with Crippen LogP contribution in [-0.4, -0.2) is 104 Å². The molecule has 4 rings (SSSR count). The number of amides is 1. The summed E-state index contributed by atoms with van der Waals surface area (Å²) in [7, 11) is -1.20. The number of nitrogens with zero attached hydrogens (tertiary/aromatic N) is 5. The second-order valence-electron chi connectivity index (χ2n) is 7.06. The van der Waals surface area contributed by atoms with Crippen molar-refractivity contribution in [1.29, 1.82) is 0 Å². The highest BCUT2D eigenvalue weighted by atomic mass is 32.2. The van der Waals surface area contributed by atoms with Crippen LogP contribution < -0.4 is 4.90 Å². The number of piperazine rings is 1. The van der Waals surface area contributed by atoms with Gasteiger partial charge in [-0.3, -0.25) is 9.69 Å². The van der Waals surface area contributed by atoms with E-state index in [1.165, 1.54) is 12.4 Å². The summed E-state index contributed by atoms with van der Waals surface area (Å²) in [6.07, 6.45) is 3.08. The SMILES string of the molecule is CN1CCN(C(=O)c2cnc(N3CCOCC3)nc2)[C@@H]2CS(=O)(=O)C[C@@H]21. The zero-order chi connectivity index (χ0) is 18.3. The monoisotopic (exact) mass is 381 g/mol. The van der Waals surface area contributed by atoms with Crippen molar-refractivity contribution in [2.24, 2.45) is 0 Å². The molecule has 0 aromatic carbocycles. The molecule has 0 N–H and O–H groups in total. The highest BCUT2D eigenvalue weighted by Crippen LogP contribution is 2.27. The number of hydrogen-bond donors (Lipinski definition) is 0. The van der Waals surface area contributed by atoms with Gasteiger partial charge in [0.15, 0.2) is 9.84 Å². The van der Waals surface area contributed by atoms with Crippen LogP contribution >= 0.6 is 0 Å². The first-order valence-electron chi connectivity index (χ1n) is 8.81. The molecule has 0 spiro atoms. The Morgan fingerprint density at radius 2 is 1.73 bits per heavy atom. The first kappa shape index (κ1) is 17.6. The maximum absolute atomic E-state index is 12.9. The van der Waals surface area contributed by atoms with Gasteiger partial charge in [0.2, 0.25) is 5.95 Å². The fraction of sp³-hybridized carbons (Fsp3) is 0.688. The van der Waals surface area contributed by atoms with Crippen LogP contribution in [-0.2, 0) is 14.6 Å². The van der Waals surface area contributed by atoms with E-state index in [9.17, 15) is 13.2 Å². The quantitative estimate of drug-likeness (QED) is 0.635. The third-order valence-electron chi connectivity index (χ3n) is 5.39. The number of aromatic nitrogens is 2. The molecule has 0 saturated carbocycles. The Hall–Kier alpha value is -1.78. The van der Waals surface area contributed by atoms with Gasteiger partial charge >= 0.3 is 0 Å². The normalized spacial score (nSPS) is 28.8. The van der Waals surface area contributed by atoms with Crippen LogP contribution in [0, 0.1) is 0 Å². The van der Waals surface area contributed by atoms with Gasteiger partial charge in [-0.15, -0.1) is 0 Å². The number of hydrogen-bond acceptors (Lipinski definition) is 8. The standard InChI is InChI=1S/C16H23N5O4S/c1-19-2-3-21(14-11-26(23,24)10-13(14)19)15(22)12-8-17-16(18-9-12)20-4-6-25-7-5-20/h8-9,13-14H,2-7,10-11H2,1H3/t13-,14+/m0/s1. The van der Waals surface area contributed by atoms with Crippen LogP contribution in [0.3, 0.4) is 0 Å². The van der Waals surface area contributed by atoms with Gasteiger partial charge in [0.05, 0.1) is 36.3 Å². The van der Waals surface area contributed by atoms with Gasteiger partial charge in [-0.2, -0.15) is 0 Å². The lowest BCUT2D eigenvalue weighted by atomic mass is 10.0. The van der Waals surface area contributed by atoms with Crippen molar-refractivity contribution in [3.05, 3.63) is 18.0 Å². The molecule has 0 bridgehead atoms. The molecule has 26 heavy (non-hydrogen) atoms. The predicted octanol–water partition coefficient (Wildman–Crippen LogP) is -1.13. The third kappa shape index (κ3) is 3.28. The second-order valence-corrected chi connectivity index (χ2v) is 9.22. The van der Waals surface area contributed by atoms with E-state index in [2.05, 4.69) is 9.97 Å². The minimum atomic E-state index is -3.12. The molecule has 1 amide bonds. The van der Waals surface area contributed by atoms with Crippen LogP contribution in [0.25, 0.3) is 0 Å². The summed E-state index contributed by atoms with van der Waals surface area (Å²) >= 11 is 0. The molecular weight excluding hydrogens is 358 g/mol. The fourth-order valence-corrected chi connectivity index (χ4v) is 5.96. The van der Waals surface area contributed by atoms with Gasteiger partial charge in [-0.25, -0.2) is 18.4 Å². The molecule has 1 aromatic heterocycles. The Bertz CT molecular complexity index is 778. The van der Waals surface area contributed by atoms with E-state index in [1.54, 1.807) is 4.90 Å². The number of ether oxygens (including phenoxy) is 1. The lowest BCUT2D eigenvalue weighted by molar-refractivity contribution is 0.0409. The van der Waals surface area contributed by atoms with Crippen molar-refractivity contribution >= 4 is 21.7 Å². The third-order valence-corrected chi connectivity index (χ3v) is 7.09. The molecule has 2 atom stereocenters. The number of carbonyl (C=O) groups is 1. The smallest absolute Gasteiger partial charge is 0.257 e. The number of sulfone groups is 1. The van der Waals surface area contributed by atoms with Crippen LogP contribution in [0.5, 0.6) is 0 Å². The summed E-state index contributed by atoms with van der Waals surface area (Å²) in [5.41, 5.74) is 0.398.